The van der Waals surface area contributed by atoms with E-state index in [9.17, 15) is 4.79 Å². The van der Waals surface area contributed by atoms with E-state index in [0.29, 0.717) is 5.92 Å². The summed E-state index contributed by atoms with van der Waals surface area (Å²) >= 11 is 0. The van der Waals surface area contributed by atoms with Gasteiger partial charge in [-0.25, -0.2) is 4.79 Å². The predicted octanol–water partition coefficient (Wildman–Crippen LogP) is 5.89. The third-order valence-electron chi connectivity index (χ3n) is 5.49. The summed E-state index contributed by atoms with van der Waals surface area (Å²) in [5, 5.41) is 10.1. The van der Waals surface area contributed by atoms with Gasteiger partial charge in [0.1, 0.15) is 5.75 Å². The molecule has 1 heterocycles. The highest BCUT2D eigenvalue weighted by Crippen LogP contribution is 2.34. The molecule has 0 saturated heterocycles. The summed E-state index contributed by atoms with van der Waals surface area (Å²) in [5.41, 5.74) is 4.00. The van der Waals surface area contributed by atoms with E-state index in [1.54, 1.807) is 6.08 Å². The average molecular weight is 375 g/mol. The number of ether oxygens (including phenoxy) is 1. The standard InChI is InChI=1S/C24H25NO3/c26-24(27)11-7-17-6-10-23(28-16-18-4-2-1-3-5-18)21(14-17)19-8-9-22-20(15-19)12-13-25-22/h6-15,18,25H,1-5,16H2,(H,26,27). The number of hydrogen-bond donors (Lipinski definition) is 2. The van der Waals surface area contributed by atoms with E-state index in [1.165, 1.54) is 32.1 Å². The van der Waals surface area contributed by atoms with Gasteiger partial charge in [-0.05, 0) is 71.7 Å². The Hall–Kier alpha value is -3.01. The smallest absolute Gasteiger partial charge is 0.328 e. The lowest BCUT2D eigenvalue weighted by atomic mass is 9.90. The number of benzene rings is 2. The molecule has 1 aliphatic rings. The number of H-pyrrole nitrogens is 1. The molecule has 1 saturated carbocycles. The quantitative estimate of drug-likeness (QED) is 0.528. The maximum Gasteiger partial charge on any atom is 0.328 e. The van der Waals surface area contributed by atoms with Crippen molar-refractivity contribution in [3.63, 3.8) is 0 Å². The van der Waals surface area contributed by atoms with Crippen molar-refractivity contribution in [2.24, 2.45) is 5.92 Å². The Balaban J connectivity index is 1.66. The Morgan fingerprint density at radius 3 is 2.79 bits per heavy atom. The first-order chi connectivity index (χ1) is 13.7. The van der Waals surface area contributed by atoms with Gasteiger partial charge >= 0.3 is 5.97 Å². The second-order valence-electron chi connectivity index (χ2n) is 7.52. The molecule has 0 atom stereocenters. The molecule has 3 aromatic rings. The molecular formula is C24H25NO3. The van der Waals surface area contributed by atoms with Crippen LogP contribution in [0, 0.1) is 5.92 Å². The molecule has 4 heteroatoms. The molecular weight excluding hydrogens is 350 g/mol. The Morgan fingerprint density at radius 2 is 1.96 bits per heavy atom. The van der Waals surface area contributed by atoms with Crippen LogP contribution in [0.3, 0.4) is 0 Å². The van der Waals surface area contributed by atoms with E-state index in [-0.39, 0.29) is 0 Å². The fraction of sp³-hybridized carbons (Fsp3) is 0.292. The van der Waals surface area contributed by atoms with Crippen LogP contribution in [0.25, 0.3) is 28.1 Å². The summed E-state index contributed by atoms with van der Waals surface area (Å²) < 4.78 is 6.26. The van der Waals surface area contributed by atoms with Crippen molar-refractivity contribution >= 4 is 22.9 Å². The van der Waals surface area contributed by atoms with Gasteiger partial charge in [0.2, 0.25) is 0 Å². The van der Waals surface area contributed by atoms with Gasteiger partial charge in [-0.15, -0.1) is 0 Å². The number of rotatable bonds is 6. The number of nitrogens with one attached hydrogen (secondary N) is 1. The Bertz CT molecular complexity index is 996. The molecule has 144 valence electrons. The monoisotopic (exact) mass is 375 g/mol. The minimum atomic E-state index is -0.951. The number of aliphatic carboxylic acids is 1. The molecule has 4 nitrogen and oxygen atoms in total. The predicted molar refractivity (Wildman–Crippen MR) is 112 cm³/mol. The summed E-state index contributed by atoms with van der Waals surface area (Å²) in [6.07, 6.45) is 11.1. The first-order valence-electron chi connectivity index (χ1n) is 9.94. The topological polar surface area (TPSA) is 62.3 Å². The van der Waals surface area contributed by atoms with Gasteiger partial charge in [-0.2, -0.15) is 0 Å². The lowest BCUT2D eigenvalue weighted by Crippen LogP contribution is -2.15. The van der Waals surface area contributed by atoms with Gasteiger partial charge in [0.05, 0.1) is 6.61 Å². The summed E-state index contributed by atoms with van der Waals surface area (Å²) in [6, 6.07) is 14.2. The molecule has 1 aromatic heterocycles. The van der Waals surface area contributed by atoms with Crippen LogP contribution in [0.2, 0.25) is 0 Å². The van der Waals surface area contributed by atoms with E-state index in [0.717, 1.165) is 46.0 Å². The highest BCUT2D eigenvalue weighted by molar-refractivity contribution is 5.88. The Morgan fingerprint density at radius 1 is 1.11 bits per heavy atom. The summed E-state index contributed by atoms with van der Waals surface area (Å²) in [4.78, 5) is 14.1. The van der Waals surface area contributed by atoms with Crippen molar-refractivity contribution in [2.45, 2.75) is 32.1 Å². The van der Waals surface area contributed by atoms with E-state index in [1.807, 2.05) is 24.4 Å². The zero-order valence-corrected chi connectivity index (χ0v) is 15.9. The zero-order chi connectivity index (χ0) is 19.3. The zero-order valence-electron chi connectivity index (χ0n) is 15.9. The van der Waals surface area contributed by atoms with E-state index < -0.39 is 5.97 Å². The van der Waals surface area contributed by atoms with Gasteiger partial charge in [-0.3, -0.25) is 0 Å². The molecule has 0 amide bonds. The molecule has 0 unspecified atom stereocenters. The molecule has 0 spiro atoms. The molecule has 28 heavy (non-hydrogen) atoms. The fourth-order valence-corrected chi connectivity index (χ4v) is 3.95. The molecule has 2 N–H and O–H groups in total. The highest BCUT2D eigenvalue weighted by Gasteiger charge is 2.16. The largest absolute Gasteiger partial charge is 0.493 e. The van der Waals surface area contributed by atoms with Crippen LogP contribution >= 0.6 is 0 Å². The molecule has 1 fully saturated rings. The van der Waals surface area contributed by atoms with Crippen molar-refractivity contribution in [2.75, 3.05) is 6.61 Å². The third-order valence-corrected chi connectivity index (χ3v) is 5.49. The van der Waals surface area contributed by atoms with E-state index in [4.69, 9.17) is 9.84 Å². The second kappa shape index (κ2) is 8.34. The van der Waals surface area contributed by atoms with Gasteiger partial charge in [0, 0.05) is 23.4 Å². The third kappa shape index (κ3) is 4.28. The SMILES string of the molecule is O=C(O)C=Cc1ccc(OCC2CCCCC2)c(-c2ccc3[nH]ccc3c2)c1. The van der Waals surface area contributed by atoms with Gasteiger partial charge in [-0.1, -0.05) is 31.4 Å². The molecule has 2 aromatic carbocycles. The number of aromatic amines is 1. The van der Waals surface area contributed by atoms with Crippen LogP contribution in [0.1, 0.15) is 37.7 Å². The number of hydrogen-bond acceptors (Lipinski definition) is 2. The van der Waals surface area contributed by atoms with Gasteiger partial charge < -0.3 is 14.8 Å². The average Bonchev–Trinajstić information content (AvgIpc) is 3.19. The van der Waals surface area contributed by atoms with Gasteiger partial charge in [0.25, 0.3) is 0 Å². The van der Waals surface area contributed by atoms with Crippen molar-refractivity contribution in [1.29, 1.82) is 0 Å². The summed E-state index contributed by atoms with van der Waals surface area (Å²) in [7, 11) is 0. The normalized spacial score (nSPS) is 15.3. The minimum Gasteiger partial charge on any atom is -0.493 e. The number of fused-ring (bicyclic) bond motifs is 1. The lowest BCUT2D eigenvalue weighted by Gasteiger charge is -2.22. The van der Waals surface area contributed by atoms with E-state index in [2.05, 4.69) is 29.2 Å². The van der Waals surface area contributed by atoms with Crippen molar-refractivity contribution < 1.29 is 14.6 Å². The fourth-order valence-electron chi connectivity index (χ4n) is 3.95. The van der Waals surface area contributed by atoms with Crippen LogP contribution in [0.4, 0.5) is 0 Å². The molecule has 0 aliphatic heterocycles. The molecule has 1 aliphatic carbocycles. The first kappa shape index (κ1) is 18.4. The molecule has 0 bridgehead atoms. The highest BCUT2D eigenvalue weighted by atomic mass is 16.5. The van der Waals surface area contributed by atoms with Crippen LogP contribution in [0.5, 0.6) is 5.75 Å². The maximum atomic E-state index is 10.9. The Kier molecular flexibility index (Phi) is 5.47. The summed E-state index contributed by atoms with van der Waals surface area (Å²) in [5.74, 6) is 0.529. The van der Waals surface area contributed by atoms with Crippen molar-refractivity contribution in [3.05, 3.63) is 60.3 Å². The lowest BCUT2D eigenvalue weighted by molar-refractivity contribution is -0.131. The van der Waals surface area contributed by atoms with Crippen LogP contribution in [0.15, 0.2) is 54.7 Å². The van der Waals surface area contributed by atoms with Crippen molar-refractivity contribution in [3.8, 4) is 16.9 Å². The summed E-state index contributed by atoms with van der Waals surface area (Å²) in [6.45, 7) is 0.740. The Labute approximate surface area is 164 Å². The van der Waals surface area contributed by atoms with Crippen LogP contribution in [-0.4, -0.2) is 22.7 Å². The number of carbonyl (C=O) groups is 1. The van der Waals surface area contributed by atoms with Crippen LogP contribution < -0.4 is 4.74 Å². The maximum absolute atomic E-state index is 10.9. The van der Waals surface area contributed by atoms with E-state index >= 15 is 0 Å². The second-order valence-corrected chi connectivity index (χ2v) is 7.52. The minimum absolute atomic E-state index is 0.625. The first-order valence-corrected chi connectivity index (χ1v) is 9.94. The van der Waals surface area contributed by atoms with Crippen LogP contribution in [-0.2, 0) is 4.79 Å². The van der Waals surface area contributed by atoms with Gasteiger partial charge in [0.15, 0.2) is 0 Å². The molecule has 0 radical (unpaired) electrons. The molecule has 4 rings (SSSR count). The number of aromatic nitrogens is 1. The number of carboxylic acid groups (broad SMARTS) is 1. The van der Waals surface area contributed by atoms with Crippen molar-refractivity contribution in [1.82, 2.24) is 4.98 Å². The number of carboxylic acids is 1.